The molecule has 1 heterocycles. The van der Waals surface area contributed by atoms with Crippen LogP contribution in [-0.4, -0.2) is 29.1 Å². The third kappa shape index (κ3) is 2.50. The summed E-state index contributed by atoms with van der Waals surface area (Å²) in [7, 11) is 0. The maximum atomic E-state index is 13.8. The number of carbonyl (C=O) groups is 1. The Labute approximate surface area is 91.8 Å². The van der Waals surface area contributed by atoms with Gasteiger partial charge in [0.1, 0.15) is 0 Å². The smallest absolute Gasteiger partial charge is 0.257 e. The molecule has 1 aliphatic heterocycles. The van der Waals surface area contributed by atoms with Crippen molar-refractivity contribution in [2.75, 3.05) is 0 Å². The highest BCUT2D eigenvalue weighted by Gasteiger charge is 2.36. The van der Waals surface area contributed by atoms with Crippen LogP contribution in [0.25, 0.3) is 0 Å². The van der Waals surface area contributed by atoms with Crippen molar-refractivity contribution < 1.29 is 9.18 Å². The number of hydrogen-bond donors (Lipinski definition) is 0. The van der Waals surface area contributed by atoms with Gasteiger partial charge in [0.05, 0.1) is 0 Å². The molecule has 3 heteroatoms. The van der Waals surface area contributed by atoms with E-state index >= 15 is 0 Å². The van der Waals surface area contributed by atoms with Crippen molar-refractivity contribution in [3.63, 3.8) is 0 Å². The van der Waals surface area contributed by atoms with E-state index in [0.717, 1.165) is 12.8 Å². The van der Waals surface area contributed by atoms with Crippen LogP contribution in [0.15, 0.2) is 0 Å². The number of hydrogen-bond acceptors (Lipinski definition) is 1. The largest absolute Gasteiger partial charge is 0.335 e. The molecule has 0 unspecified atom stereocenters. The SMILES string of the molecule is CC[C@@H](C)[C@@H](F)C(=O)N1[C@H](C)CC[C@H]1C. The summed E-state index contributed by atoms with van der Waals surface area (Å²) in [6.07, 6.45) is 1.39. The second-order valence-corrected chi connectivity index (χ2v) is 4.81. The molecule has 0 aliphatic carbocycles. The second-order valence-electron chi connectivity index (χ2n) is 4.81. The number of alkyl halides is 1. The second kappa shape index (κ2) is 4.95. The van der Waals surface area contributed by atoms with Crippen LogP contribution in [0.2, 0.25) is 0 Å². The topological polar surface area (TPSA) is 20.3 Å². The summed E-state index contributed by atoms with van der Waals surface area (Å²) in [5, 5.41) is 0. The summed E-state index contributed by atoms with van der Waals surface area (Å²) < 4.78 is 13.8. The van der Waals surface area contributed by atoms with E-state index < -0.39 is 6.17 Å². The molecule has 1 amide bonds. The van der Waals surface area contributed by atoms with E-state index in [2.05, 4.69) is 0 Å². The van der Waals surface area contributed by atoms with Gasteiger partial charge >= 0.3 is 0 Å². The molecule has 0 N–H and O–H groups in total. The third-order valence-corrected chi connectivity index (χ3v) is 3.59. The van der Waals surface area contributed by atoms with E-state index in [-0.39, 0.29) is 23.9 Å². The minimum Gasteiger partial charge on any atom is -0.335 e. The van der Waals surface area contributed by atoms with E-state index in [1.807, 2.05) is 20.8 Å². The van der Waals surface area contributed by atoms with Crippen molar-refractivity contribution in [2.45, 2.75) is 65.2 Å². The zero-order valence-corrected chi connectivity index (χ0v) is 10.2. The fourth-order valence-corrected chi connectivity index (χ4v) is 2.22. The third-order valence-electron chi connectivity index (χ3n) is 3.59. The lowest BCUT2D eigenvalue weighted by Gasteiger charge is -2.29. The van der Waals surface area contributed by atoms with Gasteiger partial charge in [-0.25, -0.2) is 4.39 Å². The van der Waals surface area contributed by atoms with E-state index in [9.17, 15) is 9.18 Å². The average molecular weight is 215 g/mol. The summed E-state index contributed by atoms with van der Waals surface area (Å²) in [6, 6.07) is 0.407. The Morgan fingerprint density at radius 1 is 1.40 bits per heavy atom. The molecule has 0 bridgehead atoms. The summed E-state index contributed by atoms with van der Waals surface area (Å²) >= 11 is 0. The van der Waals surface area contributed by atoms with Crippen molar-refractivity contribution in [2.24, 2.45) is 5.92 Å². The van der Waals surface area contributed by atoms with Crippen LogP contribution in [0.4, 0.5) is 4.39 Å². The van der Waals surface area contributed by atoms with E-state index in [1.165, 1.54) is 0 Å². The fraction of sp³-hybridized carbons (Fsp3) is 0.917. The molecule has 0 aromatic carbocycles. The van der Waals surface area contributed by atoms with E-state index in [0.29, 0.717) is 6.42 Å². The summed E-state index contributed by atoms with van der Waals surface area (Å²) in [5.74, 6) is -0.473. The zero-order chi connectivity index (χ0) is 11.6. The van der Waals surface area contributed by atoms with Gasteiger partial charge in [0, 0.05) is 12.1 Å². The number of likely N-dealkylation sites (tertiary alicyclic amines) is 1. The molecular formula is C12H22FNO. The molecule has 4 atom stereocenters. The molecule has 0 aromatic heterocycles. The average Bonchev–Trinajstić information content (AvgIpc) is 2.55. The molecule has 0 radical (unpaired) electrons. The van der Waals surface area contributed by atoms with Gasteiger partial charge in [-0.05, 0) is 32.6 Å². The highest BCUT2D eigenvalue weighted by atomic mass is 19.1. The molecule has 1 aliphatic rings. The van der Waals surface area contributed by atoms with Gasteiger partial charge in [-0.2, -0.15) is 0 Å². The van der Waals surface area contributed by atoms with Gasteiger partial charge in [0.2, 0.25) is 0 Å². The lowest BCUT2D eigenvalue weighted by molar-refractivity contribution is -0.140. The Morgan fingerprint density at radius 2 is 1.87 bits per heavy atom. The maximum absolute atomic E-state index is 13.8. The van der Waals surface area contributed by atoms with Crippen molar-refractivity contribution >= 4 is 5.91 Å². The number of rotatable bonds is 3. The normalized spacial score (nSPS) is 30.3. The van der Waals surface area contributed by atoms with Gasteiger partial charge < -0.3 is 4.90 Å². The van der Waals surface area contributed by atoms with Crippen molar-refractivity contribution in [1.29, 1.82) is 0 Å². The van der Waals surface area contributed by atoms with Gasteiger partial charge in [-0.3, -0.25) is 4.79 Å². The first kappa shape index (κ1) is 12.5. The van der Waals surface area contributed by atoms with Gasteiger partial charge in [-0.1, -0.05) is 20.3 Å². The monoisotopic (exact) mass is 215 g/mol. The molecule has 1 saturated heterocycles. The Hall–Kier alpha value is -0.600. The van der Waals surface area contributed by atoms with Gasteiger partial charge in [-0.15, -0.1) is 0 Å². The van der Waals surface area contributed by atoms with Crippen LogP contribution in [0.3, 0.4) is 0 Å². The summed E-state index contributed by atoms with van der Waals surface area (Å²) in [6.45, 7) is 7.73. The van der Waals surface area contributed by atoms with Crippen LogP contribution in [-0.2, 0) is 4.79 Å². The Balaban J connectivity index is 2.66. The minimum absolute atomic E-state index is 0.169. The molecule has 15 heavy (non-hydrogen) atoms. The minimum atomic E-state index is -1.32. The van der Waals surface area contributed by atoms with Crippen molar-refractivity contribution in [3.05, 3.63) is 0 Å². The first-order chi connectivity index (χ1) is 6.99. The van der Waals surface area contributed by atoms with E-state index in [4.69, 9.17) is 0 Å². The van der Waals surface area contributed by atoms with Crippen LogP contribution in [0.5, 0.6) is 0 Å². The fourth-order valence-electron chi connectivity index (χ4n) is 2.22. The maximum Gasteiger partial charge on any atom is 0.257 e. The number of nitrogens with zero attached hydrogens (tertiary/aromatic N) is 1. The molecular weight excluding hydrogens is 193 g/mol. The molecule has 0 spiro atoms. The highest BCUT2D eigenvalue weighted by molar-refractivity contribution is 5.82. The predicted molar refractivity (Wildman–Crippen MR) is 59.4 cm³/mol. The summed E-state index contributed by atoms with van der Waals surface area (Å²) in [5.41, 5.74) is 0. The number of carbonyl (C=O) groups excluding carboxylic acids is 1. The highest BCUT2D eigenvalue weighted by Crippen LogP contribution is 2.26. The van der Waals surface area contributed by atoms with Crippen molar-refractivity contribution in [1.82, 2.24) is 4.90 Å². The Kier molecular flexibility index (Phi) is 4.12. The molecule has 2 nitrogen and oxygen atoms in total. The first-order valence-corrected chi connectivity index (χ1v) is 5.95. The number of amides is 1. The van der Waals surface area contributed by atoms with Crippen LogP contribution >= 0.6 is 0 Å². The van der Waals surface area contributed by atoms with Gasteiger partial charge in [0.15, 0.2) is 6.17 Å². The van der Waals surface area contributed by atoms with Crippen molar-refractivity contribution in [3.8, 4) is 0 Å². The molecule has 0 aromatic rings. The standard InChI is InChI=1S/C12H22FNO/c1-5-8(2)11(13)12(15)14-9(3)6-7-10(14)4/h8-11H,5-7H2,1-4H3/t8-,9-,10-,11-/m1/s1. The molecule has 1 fully saturated rings. The van der Waals surface area contributed by atoms with Crippen LogP contribution < -0.4 is 0 Å². The van der Waals surface area contributed by atoms with E-state index in [1.54, 1.807) is 11.8 Å². The molecule has 1 rings (SSSR count). The first-order valence-electron chi connectivity index (χ1n) is 5.95. The Bertz CT molecular complexity index is 222. The molecule has 88 valence electrons. The molecule has 0 saturated carbocycles. The lowest BCUT2D eigenvalue weighted by atomic mass is 10.0. The number of halogens is 1. The summed E-state index contributed by atoms with van der Waals surface area (Å²) in [4.78, 5) is 13.7. The quantitative estimate of drug-likeness (QED) is 0.709. The predicted octanol–water partition coefficient (Wildman–Crippen LogP) is 2.77. The lowest BCUT2D eigenvalue weighted by Crippen LogP contribution is -2.45. The Morgan fingerprint density at radius 3 is 2.27 bits per heavy atom. The zero-order valence-electron chi connectivity index (χ0n) is 10.2. The van der Waals surface area contributed by atoms with Crippen LogP contribution in [0, 0.1) is 5.92 Å². The van der Waals surface area contributed by atoms with Crippen LogP contribution in [0.1, 0.15) is 47.0 Å². The van der Waals surface area contributed by atoms with Gasteiger partial charge in [0.25, 0.3) is 5.91 Å².